The first kappa shape index (κ1) is 21.4. The number of pyridine rings is 1. The van der Waals surface area contributed by atoms with Crippen LogP contribution < -0.4 is 10.9 Å². The molecular weight excluding hydrogens is 395 g/mol. The van der Waals surface area contributed by atoms with E-state index in [4.69, 9.17) is 0 Å². The maximum atomic E-state index is 13.8. The Kier molecular flexibility index (Phi) is 6.05. The van der Waals surface area contributed by atoms with Crippen molar-refractivity contribution in [1.82, 2.24) is 14.5 Å². The number of aromatic nitrogens is 3. The van der Waals surface area contributed by atoms with Gasteiger partial charge >= 0.3 is 0 Å². The topological polar surface area (TPSA) is 80.0 Å². The van der Waals surface area contributed by atoms with E-state index in [2.05, 4.69) is 15.3 Å². The smallest absolute Gasteiger partial charge is 0.252 e. The van der Waals surface area contributed by atoms with E-state index in [1.807, 2.05) is 20.8 Å². The number of nitrogens with zero attached hydrogens (tertiary/aromatic N) is 3. The third-order valence-electron chi connectivity index (χ3n) is 6.08. The van der Waals surface area contributed by atoms with Crippen molar-refractivity contribution in [2.75, 3.05) is 5.32 Å². The number of aliphatic hydroxyl groups excluding tert-OH is 1. The van der Waals surface area contributed by atoms with Crippen LogP contribution in [0.25, 0.3) is 22.3 Å². The van der Waals surface area contributed by atoms with Gasteiger partial charge in [0.05, 0.1) is 5.69 Å². The van der Waals surface area contributed by atoms with Crippen molar-refractivity contribution >= 4 is 17.0 Å². The zero-order valence-corrected chi connectivity index (χ0v) is 18.2. The molecular formula is C24H29FN4O2. The number of fused-ring (bicyclic) bond motifs is 1. The summed E-state index contributed by atoms with van der Waals surface area (Å²) in [5, 5.41) is 14.1. The Balaban J connectivity index is 1.98. The average Bonchev–Trinajstić information content (AvgIpc) is 2.73. The molecule has 0 bridgehead atoms. The lowest BCUT2D eigenvalue weighted by Crippen LogP contribution is -2.28. The number of hydrogen-bond donors (Lipinski definition) is 2. The molecule has 164 valence electrons. The molecule has 0 aliphatic heterocycles. The normalized spacial score (nSPS) is 16.1. The summed E-state index contributed by atoms with van der Waals surface area (Å²) in [7, 11) is 0. The summed E-state index contributed by atoms with van der Waals surface area (Å²) in [5.41, 5.74) is 2.59. The van der Waals surface area contributed by atoms with Gasteiger partial charge in [0.2, 0.25) is 5.95 Å². The van der Waals surface area contributed by atoms with Crippen LogP contribution in [-0.2, 0) is 0 Å². The Bertz CT molecular complexity index is 1150. The lowest BCUT2D eigenvalue weighted by atomic mass is 9.95. The van der Waals surface area contributed by atoms with Crippen LogP contribution in [0.15, 0.2) is 35.1 Å². The van der Waals surface area contributed by atoms with Gasteiger partial charge in [-0.15, -0.1) is 0 Å². The van der Waals surface area contributed by atoms with Crippen molar-refractivity contribution in [3.63, 3.8) is 0 Å². The Morgan fingerprint density at radius 1 is 1.13 bits per heavy atom. The number of aliphatic hydroxyl groups is 1. The van der Waals surface area contributed by atoms with E-state index in [1.165, 1.54) is 18.6 Å². The molecule has 0 radical (unpaired) electrons. The summed E-state index contributed by atoms with van der Waals surface area (Å²) in [6, 6.07) is 7.98. The van der Waals surface area contributed by atoms with Crippen LogP contribution in [-0.4, -0.2) is 25.9 Å². The number of hydrogen-bond acceptors (Lipinski definition) is 5. The molecule has 7 heteroatoms. The van der Waals surface area contributed by atoms with Gasteiger partial charge in [0.25, 0.3) is 5.56 Å². The second-order valence-corrected chi connectivity index (χ2v) is 8.76. The van der Waals surface area contributed by atoms with E-state index in [-0.39, 0.29) is 29.3 Å². The molecule has 2 aromatic heterocycles. The monoisotopic (exact) mass is 424 g/mol. The van der Waals surface area contributed by atoms with Crippen LogP contribution in [0, 0.1) is 18.7 Å². The Hall–Kier alpha value is -2.80. The molecule has 1 saturated carbocycles. The first-order chi connectivity index (χ1) is 14.8. The maximum absolute atomic E-state index is 13.8. The number of benzene rings is 1. The molecule has 1 aromatic carbocycles. The van der Waals surface area contributed by atoms with Crippen LogP contribution in [0.4, 0.5) is 10.3 Å². The number of rotatable bonds is 5. The second-order valence-electron chi connectivity index (χ2n) is 8.76. The first-order valence-corrected chi connectivity index (χ1v) is 11.0. The summed E-state index contributed by atoms with van der Waals surface area (Å²) in [4.78, 5) is 22.3. The summed E-state index contributed by atoms with van der Waals surface area (Å²) in [6.45, 7) is 5.61. The molecule has 2 heterocycles. The lowest BCUT2D eigenvalue weighted by Gasteiger charge is -2.26. The number of aryl methyl sites for hydroxylation is 1. The highest BCUT2D eigenvalue weighted by Gasteiger charge is 2.22. The van der Waals surface area contributed by atoms with Crippen LogP contribution in [0.5, 0.6) is 0 Å². The summed E-state index contributed by atoms with van der Waals surface area (Å²) < 4.78 is 15.5. The molecule has 31 heavy (non-hydrogen) atoms. The third-order valence-corrected chi connectivity index (χ3v) is 6.08. The molecule has 0 spiro atoms. The van der Waals surface area contributed by atoms with Crippen LogP contribution in [0.3, 0.4) is 0 Å². The second kappa shape index (κ2) is 8.75. The highest BCUT2D eigenvalue weighted by molar-refractivity contribution is 5.92. The van der Waals surface area contributed by atoms with Crippen molar-refractivity contribution in [3.8, 4) is 11.3 Å². The molecule has 1 unspecified atom stereocenters. The largest absolute Gasteiger partial charge is 0.373 e. The van der Waals surface area contributed by atoms with Gasteiger partial charge in [-0.3, -0.25) is 9.36 Å². The third kappa shape index (κ3) is 4.32. The molecule has 2 N–H and O–H groups in total. The number of anilines is 1. The first-order valence-electron chi connectivity index (χ1n) is 11.0. The molecule has 4 rings (SSSR count). The summed E-state index contributed by atoms with van der Waals surface area (Å²) in [6.07, 6.45) is 4.38. The van der Waals surface area contributed by atoms with Crippen molar-refractivity contribution in [1.29, 1.82) is 0 Å². The fourth-order valence-electron chi connectivity index (χ4n) is 4.29. The molecule has 1 fully saturated rings. The minimum atomic E-state index is -0.835. The van der Waals surface area contributed by atoms with Crippen molar-refractivity contribution in [3.05, 3.63) is 52.1 Å². The SMILES string of the molecule is Cc1cc(F)ccc1-c1nc(NC(O)C(C)C)nc2c1ccc(=O)n2C1CCCCC1. The van der Waals surface area contributed by atoms with Crippen molar-refractivity contribution in [2.45, 2.75) is 65.1 Å². The molecule has 3 aromatic rings. The summed E-state index contributed by atoms with van der Waals surface area (Å²) >= 11 is 0. The Morgan fingerprint density at radius 2 is 1.87 bits per heavy atom. The Morgan fingerprint density at radius 3 is 2.55 bits per heavy atom. The van der Waals surface area contributed by atoms with E-state index in [0.29, 0.717) is 11.3 Å². The Labute approximate surface area is 181 Å². The van der Waals surface area contributed by atoms with Gasteiger partial charge in [-0.2, -0.15) is 4.98 Å². The molecule has 0 amide bonds. The highest BCUT2D eigenvalue weighted by atomic mass is 19.1. The molecule has 0 saturated heterocycles. The van der Waals surface area contributed by atoms with Gasteiger partial charge < -0.3 is 10.4 Å². The fourth-order valence-corrected chi connectivity index (χ4v) is 4.29. The maximum Gasteiger partial charge on any atom is 0.252 e. The van der Waals surface area contributed by atoms with Gasteiger partial charge in [0.1, 0.15) is 17.7 Å². The highest BCUT2D eigenvalue weighted by Crippen LogP contribution is 2.33. The van der Waals surface area contributed by atoms with Gasteiger partial charge in [0, 0.05) is 23.1 Å². The minimum Gasteiger partial charge on any atom is -0.373 e. The molecule has 1 aliphatic rings. The predicted octanol–water partition coefficient (Wildman–Crippen LogP) is 4.80. The van der Waals surface area contributed by atoms with Crippen LogP contribution in [0.2, 0.25) is 0 Å². The van der Waals surface area contributed by atoms with Crippen LogP contribution in [0.1, 0.15) is 57.6 Å². The van der Waals surface area contributed by atoms with Gasteiger partial charge in [-0.25, -0.2) is 9.37 Å². The van der Waals surface area contributed by atoms with Gasteiger partial charge in [-0.1, -0.05) is 33.1 Å². The van der Waals surface area contributed by atoms with Crippen molar-refractivity contribution < 1.29 is 9.50 Å². The number of nitrogens with one attached hydrogen (secondary N) is 1. The van der Waals surface area contributed by atoms with E-state index < -0.39 is 6.23 Å². The van der Waals surface area contributed by atoms with E-state index in [9.17, 15) is 14.3 Å². The van der Waals surface area contributed by atoms with Gasteiger partial charge in [-0.05, 0) is 55.5 Å². The van der Waals surface area contributed by atoms with E-state index in [0.717, 1.165) is 42.2 Å². The van der Waals surface area contributed by atoms with E-state index in [1.54, 1.807) is 22.8 Å². The average molecular weight is 425 g/mol. The fraction of sp³-hybridized carbons (Fsp3) is 0.458. The van der Waals surface area contributed by atoms with Crippen molar-refractivity contribution in [2.24, 2.45) is 5.92 Å². The predicted molar refractivity (Wildman–Crippen MR) is 121 cm³/mol. The van der Waals surface area contributed by atoms with E-state index >= 15 is 0 Å². The van der Waals surface area contributed by atoms with Crippen LogP contribution >= 0.6 is 0 Å². The summed E-state index contributed by atoms with van der Waals surface area (Å²) in [5.74, 6) is -0.110. The lowest BCUT2D eigenvalue weighted by molar-refractivity contribution is 0.152. The molecule has 1 aliphatic carbocycles. The zero-order chi connectivity index (χ0) is 22.1. The quantitative estimate of drug-likeness (QED) is 0.575. The van der Waals surface area contributed by atoms with Gasteiger partial charge in [0.15, 0.2) is 0 Å². The molecule has 1 atom stereocenters. The molecule has 6 nitrogen and oxygen atoms in total. The minimum absolute atomic E-state index is 0.0494. The zero-order valence-electron chi connectivity index (χ0n) is 18.2. The standard InChI is InChI=1S/C24H29FN4O2/c1-14(2)23(31)28-24-26-21(18-10-9-16(25)13-15(18)3)19-11-12-20(30)29(22(19)27-24)17-7-5-4-6-8-17/h9-14,17,23,31H,4-8H2,1-3H3,(H,26,27,28). The number of halogens is 1.